The first-order chi connectivity index (χ1) is 13.0. The van der Waals surface area contributed by atoms with E-state index < -0.39 is 0 Å². The van der Waals surface area contributed by atoms with Crippen molar-refractivity contribution in [1.29, 1.82) is 0 Å². The van der Waals surface area contributed by atoms with Gasteiger partial charge in [0.15, 0.2) is 0 Å². The van der Waals surface area contributed by atoms with E-state index in [-0.39, 0.29) is 11.6 Å². The largest absolute Gasteiger partial charge is 0.495 e. The van der Waals surface area contributed by atoms with Gasteiger partial charge in [-0.3, -0.25) is 4.79 Å². The molecule has 0 fully saturated rings. The van der Waals surface area contributed by atoms with Crippen LogP contribution in [0.4, 0.5) is 17.3 Å². The van der Waals surface area contributed by atoms with E-state index in [0.717, 1.165) is 28.1 Å². The Morgan fingerprint density at radius 1 is 0.963 bits per heavy atom. The average molecular weight is 362 g/mol. The number of nitrogens with one attached hydrogen (secondary N) is 2. The van der Waals surface area contributed by atoms with Crippen LogP contribution in [-0.4, -0.2) is 23.0 Å². The van der Waals surface area contributed by atoms with Gasteiger partial charge in [-0.05, 0) is 56.2 Å². The minimum Gasteiger partial charge on any atom is -0.495 e. The van der Waals surface area contributed by atoms with Crippen molar-refractivity contribution in [2.45, 2.75) is 20.8 Å². The molecule has 138 valence electrons. The summed E-state index contributed by atoms with van der Waals surface area (Å²) in [7, 11) is 1.60. The molecular weight excluding hydrogens is 340 g/mol. The number of benzene rings is 2. The van der Waals surface area contributed by atoms with Crippen LogP contribution in [-0.2, 0) is 0 Å². The third-order valence-corrected chi connectivity index (χ3v) is 4.12. The van der Waals surface area contributed by atoms with Crippen LogP contribution < -0.4 is 15.4 Å². The second kappa shape index (κ2) is 7.86. The van der Waals surface area contributed by atoms with Crippen LogP contribution in [0.1, 0.15) is 27.2 Å². The highest BCUT2D eigenvalue weighted by Gasteiger charge is 2.12. The van der Waals surface area contributed by atoms with E-state index in [0.29, 0.717) is 11.7 Å². The second-order valence-electron chi connectivity index (χ2n) is 6.37. The number of nitrogens with zero attached hydrogens (tertiary/aromatic N) is 2. The number of amides is 1. The van der Waals surface area contributed by atoms with Crippen LogP contribution in [0.25, 0.3) is 0 Å². The lowest BCUT2D eigenvalue weighted by Crippen LogP contribution is -2.15. The third kappa shape index (κ3) is 4.41. The van der Waals surface area contributed by atoms with E-state index >= 15 is 0 Å². The zero-order valence-electron chi connectivity index (χ0n) is 15.8. The summed E-state index contributed by atoms with van der Waals surface area (Å²) in [5.41, 5.74) is 5.00. The molecule has 1 heterocycles. The maximum absolute atomic E-state index is 12.6. The standard InChI is InChI=1S/C21H22N4O2/c1-13-5-7-16(15(3)11-13)23-20(26)17-9-10-22-21(24-17)25-18-12-14(2)6-8-19(18)27-4/h5-12H,1-4H3,(H,23,26)(H,22,24,25). The number of hydrogen-bond donors (Lipinski definition) is 2. The number of ether oxygens (including phenoxy) is 1. The summed E-state index contributed by atoms with van der Waals surface area (Å²) < 4.78 is 5.35. The van der Waals surface area contributed by atoms with Gasteiger partial charge in [0.05, 0.1) is 12.8 Å². The quantitative estimate of drug-likeness (QED) is 0.703. The van der Waals surface area contributed by atoms with Crippen LogP contribution >= 0.6 is 0 Å². The van der Waals surface area contributed by atoms with Gasteiger partial charge < -0.3 is 15.4 Å². The molecule has 0 aliphatic rings. The summed E-state index contributed by atoms with van der Waals surface area (Å²) >= 11 is 0. The second-order valence-corrected chi connectivity index (χ2v) is 6.37. The van der Waals surface area contributed by atoms with Crippen molar-refractivity contribution < 1.29 is 9.53 Å². The zero-order chi connectivity index (χ0) is 19.4. The highest BCUT2D eigenvalue weighted by Crippen LogP contribution is 2.27. The maximum Gasteiger partial charge on any atom is 0.274 e. The van der Waals surface area contributed by atoms with Crippen molar-refractivity contribution in [3.05, 3.63) is 71.0 Å². The molecule has 0 aliphatic heterocycles. The molecule has 0 saturated carbocycles. The fourth-order valence-corrected chi connectivity index (χ4v) is 2.73. The molecule has 1 aromatic heterocycles. The van der Waals surface area contributed by atoms with Crippen LogP contribution in [0.15, 0.2) is 48.7 Å². The van der Waals surface area contributed by atoms with Gasteiger partial charge in [-0.1, -0.05) is 23.8 Å². The molecule has 6 heteroatoms. The van der Waals surface area contributed by atoms with Crippen molar-refractivity contribution >= 4 is 23.2 Å². The third-order valence-electron chi connectivity index (χ3n) is 4.12. The highest BCUT2D eigenvalue weighted by atomic mass is 16.5. The van der Waals surface area contributed by atoms with Crippen molar-refractivity contribution in [3.63, 3.8) is 0 Å². The predicted molar refractivity (Wildman–Crippen MR) is 107 cm³/mol. The summed E-state index contributed by atoms with van der Waals surface area (Å²) in [6.45, 7) is 5.96. The number of anilines is 3. The van der Waals surface area contributed by atoms with Crippen LogP contribution in [0.3, 0.4) is 0 Å². The number of carbonyl (C=O) groups is 1. The van der Waals surface area contributed by atoms with Crippen molar-refractivity contribution in [3.8, 4) is 5.75 Å². The molecule has 0 saturated heterocycles. The van der Waals surface area contributed by atoms with Gasteiger partial charge in [-0.15, -0.1) is 0 Å². The molecule has 1 amide bonds. The molecular formula is C21H22N4O2. The minimum absolute atomic E-state index is 0.277. The fraction of sp³-hybridized carbons (Fsp3) is 0.190. The predicted octanol–water partition coefficient (Wildman–Crippen LogP) is 4.41. The van der Waals surface area contributed by atoms with Gasteiger partial charge in [-0.25, -0.2) is 9.97 Å². The summed E-state index contributed by atoms with van der Waals surface area (Å²) in [5, 5.41) is 6.01. The molecule has 0 atom stereocenters. The Bertz CT molecular complexity index is 986. The Balaban J connectivity index is 1.81. The van der Waals surface area contributed by atoms with Gasteiger partial charge in [0.25, 0.3) is 5.91 Å². The molecule has 0 spiro atoms. The minimum atomic E-state index is -0.288. The summed E-state index contributed by atoms with van der Waals surface area (Å²) in [5.74, 6) is 0.713. The van der Waals surface area contributed by atoms with Crippen molar-refractivity contribution in [2.75, 3.05) is 17.7 Å². The zero-order valence-corrected chi connectivity index (χ0v) is 15.8. The SMILES string of the molecule is COc1ccc(C)cc1Nc1nccc(C(=O)Nc2ccc(C)cc2C)n1. The summed E-state index contributed by atoms with van der Waals surface area (Å²) in [6.07, 6.45) is 1.55. The summed E-state index contributed by atoms with van der Waals surface area (Å²) in [4.78, 5) is 21.1. The highest BCUT2D eigenvalue weighted by molar-refractivity contribution is 6.03. The average Bonchev–Trinajstić information content (AvgIpc) is 2.64. The maximum atomic E-state index is 12.6. The van der Waals surface area contributed by atoms with Gasteiger partial charge in [0.2, 0.25) is 5.95 Å². The first-order valence-electron chi connectivity index (χ1n) is 8.59. The number of aryl methyl sites for hydroxylation is 3. The van der Waals surface area contributed by atoms with Crippen LogP contribution in [0.5, 0.6) is 5.75 Å². The number of aromatic nitrogens is 2. The molecule has 27 heavy (non-hydrogen) atoms. The molecule has 2 N–H and O–H groups in total. The van der Waals surface area contributed by atoms with Gasteiger partial charge in [-0.2, -0.15) is 0 Å². The Morgan fingerprint density at radius 3 is 2.44 bits per heavy atom. The lowest BCUT2D eigenvalue weighted by atomic mass is 10.1. The van der Waals surface area contributed by atoms with E-state index in [2.05, 4.69) is 20.6 Å². The lowest BCUT2D eigenvalue weighted by molar-refractivity contribution is 0.102. The molecule has 2 aromatic carbocycles. The van der Waals surface area contributed by atoms with Crippen LogP contribution in [0.2, 0.25) is 0 Å². The normalized spacial score (nSPS) is 10.4. The summed E-state index contributed by atoms with van der Waals surface area (Å²) in [6, 6.07) is 13.2. The van der Waals surface area contributed by atoms with Crippen molar-refractivity contribution in [1.82, 2.24) is 9.97 Å². The van der Waals surface area contributed by atoms with Gasteiger partial charge in [0, 0.05) is 11.9 Å². The van der Waals surface area contributed by atoms with E-state index in [1.54, 1.807) is 19.4 Å². The number of hydrogen-bond acceptors (Lipinski definition) is 5. The molecule has 3 aromatic rings. The molecule has 0 radical (unpaired) electrons. The molecule has 3 rings (SSSR count). The Hall–Kier alpha value is -3.41. The molecule has 0 unspecified atom stereocenters. The van der Waals surface area contributed by atoms with Gasteiger partial charge >= 0.3 is 0 Å². The first-order valence-corrected chi connectivity index (χ1v) is 8.59. The molecule has 0 aliphatic carbocycles. The molecule has 0 bridgehead atoms. The van der Waals surface area contributed by atoms with Crippen molar-refractivity contribution in [2.24, 2.45) is 0 Å². The van der Waals surface area contributed by atoms with Crippen LogP contribution in [0, 0.1) is 20.8 Å². The van der Waals surface area contributed by atoms with Gasteiger partial charge in [0.1, 0.15) is 11.4 Å². The lowest BCUT2D eigenvalue weighted by Gasteiger charge is -2.12. The Kier molecular flexibility index (Phi) is 5.35. The van der Waals surface area contributed by atoms with E-state index in [1.165, 1.54) is 0 Å². The van der Waals surface area contributed by atoms with E-state index in [1.807, 2.05) is 57.2 Å². The smallest absolute Gasteiger partial charge is 0.274 e. The number of carbonyl (C=O) groups excluding carboxylic acids is 1. The first kappa shape index (κ1) is 18.4. The Morgan fingerprint density at radius 2 is 1.70 bits per heavy atom. The van der Waals surface area contributed by atoms with E-state index in [4.69, 9.17) is 4.74 Å². The number of methoxy groups -OCH3 is 1. The van der Waals surface area contributed by atoms with E-state index in [9.17, 15) is 4.79 Å². The topological polar surface area (TPSA) is 76.1 Å². The Labute approximate surface area is 158 Å². The number of rotatable bonds is 5. The monoisotopic (exact) mass is 362 g/mol. The molecule has 6 nitrogen and oxygen atoms in total. The fourth-order valence-electron chi connectivity index (χ4n) is 2.73.